The summed E-state index contributed by atoms with van der Waals surface area (Å²) in [5.74, 6) is 0.586. The number of benzene rings is 8. The van der Waals surface area contributed by atoms with Gasteiger partial charge in [0.05, 0.1) is 22.1 Å². The van der Waals surface area contributed by atoms with Crippen LogP contribution in [0.5, 0.6) is 0 Å². The van der Waals surface area contributed by atoms with Crippen LogP contribution in [0.25, 0.3) is 105 Å². The molecule has 0 spiro atoms. The molecule has 11 aromatic rings. The predicted molar refractivity (Wildman–Crippen MR) is 232 cm³/mol. The van der Waals surface area contributed by atoms with Gasteiger partial charge in [-0.05, 0) is 97.7 Å². The van der Waals surface area contributed by atoms with Crippen LogP contribution in [0.1, 0.15) is 31.4 Å². The predicted octanol–water partition coefficient (Wildman–Crippen LogP) is 13.8. The van der Waals surface area contributed by atoms with Gasteiger partial charge in [0, 0.05) is 27.1 Å². The van der Waals surface area contributed by atoms with Gasteiger partial charge in [0.15, 0.2) is 0 Å². The van der Waals surface area contributed by atoms with Gasteiger partial charge in [-0.2, -0.15) is 4.98 Å². The van der Waals surface area contributed by atoms with Gasteiger partial charge in [-0.1, -0.05) is 141 Å². The number of furan rings is 1. The zero-order chi connectivity index (χ0) is 37.1. The lowest BCUT2D eigenvalue weighted by atomic mass is 9.78. The van der Waals surface area contributed by atoms with E-state index in [9.17, 15) is 0 Å². The number of hydrogen-bond donors (Lipinski definition) is 0. The Balaban J connectivity index is 1.13. The summed E-state index contributed by atoms with van der Waals surface area (Å²) in [4.78, 5) is 10.8. The monoisotopic (exact) mass is 717 g/mol. The standard InChI is InChI=1S/C52H35N3O/c1-3-52(2)42-18-10-7-16-38(42)47-40-30-45-41(29-35(40)25-26-43(47)52)37-15-8-11-19-44(37)55(45)51-53-49(48-39-17-9-12-20-46(39)56-50(48)54-51)36-24-23-33-27-32(21-22-34(33)28-36)31-13-5-4-6-14-31/h4-30H,3H2,1-2H3. The summed E-state index contributed by atoms with van der Waals surface area (Å²) in [5, 5.41) is 9.08. The zero-order valence-corrected chi connectivity index (χ0v) is 31.0. The third kappa shape index (κ3) is 4.30. The first-order chi connectivity index (χ1) is 27.6. The van der Waals surface area contributed by atoms with Crippen LogP contribution in [0.15, 0.2) is 168 Å². The van der Waals surface area contributed by atoms with Crippen molar-refractivity contribution in [1.82, 2.24) is 14.5 Å². The molecular formula is C52H35N3O. The van der Waals surface area contributed by atoms with E-state index in [0.29, 0.717) is 11.7 Å². The van der Waals surface area contributed by atoms with E-state index in [2.05, 4.69) is 170 Å². The van der Waals surface area contributed by atoms with Gasteiger partial charge in [-0.15, -0.1) is 0 Å². The number of nitrogens with zero attached hydrogens (tertiary/aromatic N) is 3. The minimum Gasteiger partial charge on any atom is -0.437 e. The van der Waals surface area contributed by atoms with Crippen molar-refractivity contribution in [2.24, 2.45) is 0 Å². The first-order valence-corrected chi connectivity index (χ1v) is 19.5. The number of para-hydroxylation sites is 2. The summed E-state index contributed by atoms with van der Waals surface area (Å²) >= 11 is 0. The quantitative estimate of drug-likeness (QED) is 0.182. The second kappa shape index (κ2) is 11.5. The largest absolute Gasteiger partial charge is 0.437 e. The summed E-state index contributed by atoms with van der Waals surface area (Å²) in [7, 11) is 0. The van der Waals surface area contributed by atoms with Crippen molar-refractivity contribution in [3.8, 4) is 39.5 Å². The highest BCUT2D eigenvalue weighted by molar-refractivity contribution is 6.17. The van der Waals surface area contributed by atoms with Gasteiger partial charge in [-0.25, -0.2) is 4.98 Å². The molecule has 1 aliphatic carbocycles. The Kier molecular flexibility index (Phi) is 6.42. The van der Waals surface area contributed by atoms with E-state index in [1.165, 1.54) is 60.3 Å². The van der Waals surface area contributed by atoms with E-state index in [1.54, 1.807) is 0 Å². The molecule has 0 aliphatic heterocycles. The third-order valence-corrected chi connectivity index (χ3v) is 12.6. The van der Waals surface area contributed by atoms with Crippen LogP contribution in [-0.2, 0) is 5.41 Å². The Morgan fingerprint density at radius 2 is 1.25 bits per heavy atom. The number of rotatable bonds is 4. The molecule has 0 bridgehead atoms. The lowest BCUT2D eigenvalue weighted by molar-refractivity contribution is 0.565. The molecule has 0 amide bonds. The first kappa shape index (κ1) is 31.3. The molecule has 0 fully saturated rings. The summed E-state index contributed by atoms with van der Waals surface area (Å²) in [6.07, 6.45) is 1.03. The third-order valence-electron chi connectivity index (χ3n) is 12.6. The van der Waals surface area contributed by atoms with Gasteiger partial charge < -0.3 is 4.42 Å². The molecule has 0 saturated heterocycles. The summed E-state index contributed by atoms with van der Waals surface area (Å²) in [6.45, 7) is 4.70. The molecule has 3 heterocycles. The zero-order valence-electron chi connectivity index (χ0n) is 31.0. The van der Waals surface area contributed by atoms with Crippen LogP contribution in [0.4, 0.5) is 0 Å². The molecule has 0 N–H and O–H groups in total. The van der Waals surface area contributed by atoms with Crippen LogP contribution in [0.3, 0.4) is 0 Å². The molecule has 1 unspecified atom stereocenters. The maximum Gasteiger partial charge on any atom is 0.238 e. The average molecular weight is 718 g/mol. The minimum absolute atomic E-state index is 0.0465. The van der Waals surface area contributed by atoms with E-state index in [4.69, 9.17) is 14.4 Å². The van der Waals surface area contributed by atoms with Gasteiger partial charge >= 0.3 is 0 Å². The Morgan fingerprint density at radius 1 is 0.536 bits per heavy atom. The fourth-order valence-electron chi connectivity index (χ4n) is 9.59. The SMILES string of the molecule is CCC1(C)c2ccccc2-c2c1ccc1cc3c4ccccc4n(-c4nc(-c5ccc6cc(-c7ccccc7)ccc6c5)c5c(n4)oc4ccccc45)c3cc21. The number of fused-ring (bicyclic) bond motifs is 12. The lowest BCUT2D eigenvalue weighted by Crippen LogP contribution is -2.18. The highest BCUT2D eigenvalue weighted by atomic mass is 16.3. The van der Waals surface area contributed by atoms with Crippen LogP contribution < -0.4 is 0 Å². The van der Waals surface area contributed by atoms with Crippen LogP contribution >= 0.6 is 0 Å². The molecule has 1 atom stereocenters. The van der Waals surface area contributed by atoms with E-state index < -0.39 is 0 Å². The van der Waals surface area contributed by atoms with E-state index >= 15 is 0 Å². The van der Waals surface area contributed by atoms with E-state index in [0.717, 1.165) is 50.5 Å². The number of aromatic nitrogens is 3. The van der Waals surface area contributed by atoms with Crippen LogP contribution in [0, 0.1) is 0 Å². The van der Waals surface area contributed by atoms with Crippen molar-refractivity contribution in [3.05, 3.63) is 175 Å². The van der Waals surface area contributed by atoms with Crippen molar-refractivity contribution in [2.75, 3.05) is 0 Å². The molecule has 4 nitrogen and oxygen atoms in total. The molecule has 264 valence electrons. The second-order valence-corrected chi connectivity index (χ2v) is 15.5. The van der Waals surface area contributed by atoms with Gasteiger partial charge in [0.25, 0.3) is 0 Å². The molecule has 0 saturated carbocycles. The second-order valence-electron chi connectivity index (χ2n) is 15.5. The van der Waals surface area contributed by atoms with E-state index in [-0.39, 0.29) is 5.41 Å². The molecule has 1 aliphatic rings. The smallest absolute Gasteiger partial charge is 0.238 e. The maximum atomic E-state index is 6.57. The van der Waals surface area contributed by atoms with E-state index in [1.807, 2.05) is 12.1 Å². The molecule has 12 rings (SSSR count). The lowest BCUT2D eigenvalue weighted by Gasteiger charge is -2.25. The highest BCUT2D eigenvalue weighted by Gasteiger charge is 2.38. The summed E-state index contributed by atoms with van der Waals surface area (Å²) in [6, 6.07) is 59.1. The Hall–Kier alpha value is -7.04. The molecule has 8 aromatic carbocycles. The molecule has 56 heavy (non-hydrogen) atoms. The minimum atomic E-state index is -0.0465. The van der Waals surface area contributed by atoms with Crippen molar-refractivity contribution in [1.29, 1.82) is 0 Å². The fraction of sp³-hybridized carbons (Fsp3) is 0.0769. The van der Waals surface area contributed by atoms with Crippen molar-refractivity contribution < 1.29 is 4.42 Å². The molecular weight excluding hydrogens is 683 g/mol. The topological polar surface area (TPSA) is 43.9 Å². The molecule has 4 heteroatoms. The van der Waals surface area contributed by atoms with Crippen LogP contribution in [0.2, 0.25) is 0 Å². The fourth-order valence-corrected chi connectivity index (χ4v) is 9.59. The molecule has 3 aromatic heterocycles. The van der Waals surface area contributed by atoms with Crippen molar-refractivity contribution >= 4 is 65.4 Å². The Bertz CT molecular complexity index is 3430. The van der Waals surface area contributed by atoms with Gasteiger partial charge in [-0.3, -0.25) is 4.57 Å². The molecule has 0 radical (unpaired) electrons. The van der Waals surface area contributed by atoms with Crippen molar-refractivity contribution in [2.45, 2.75) is 25.7 Å². The summed E-state index contributed by atoms with van der Waals surface area (Å²) in [5.41, 5.74) is 13.2. The maximum absolute atomic E-state index is 6.57. The first-order valence-electron chi connectivity index (χ1n) is 19.5. The summed E-state index contributed by atoms with van der Waals surface area (Å²) < 4.78 is 8.81. The Labute approximate surface area is 323 Å². The van der Waals surface area contributed by atoms with Gasteiger partial charge in [0.1, 0.15) is 5.58 Å². The number of hydrogen-bond acceptors (Lipinski definition) is 3. The average Bonchev–Trinajstić information content (AvgIpc) is 3.88. The normalized spacial score (nSPS) is 15.1. The van der Waals surface area contributed by atoms with Gasteiger partial charge in [0.2, 0.25) is 11.7 Å². The van der Waals surface area contributed by atoms with Crippen molar-refractivity contribution in [3.63, 3.8) is 0 Å². The Morgan fingerprint density at radius 3 is 2.11 bits per heavy atom. The highest BCUT2D eigenvalue weighted by Crippen LogP contribution is 2.53. The van der Waals surface area contributed by atoms with Crippen LogP contribution in [-0.4, -0.2) is 14.5 Å².